The van der Waals surface area contributed by atoms with Gasteiger partial charge < -0.3 is 10.4 Å². The lowest BCUT2D eigenvalue weighted by Gasteiger charge is -2.27. The van der Waals surface area contributed by atoms with Crippen molar-refractivity contribution in [2.45, 2.75) is 12.5 Å². The molecule has 92 valence electrons. The number of hydrogen-bond donors (Lipinski definition) is 2. The maximum atomic E-state index is 11.5. The van der Waals surface area contributed by atoms with Gasteiger partial charge in [0, 0.05) is 18.1 Å². The van der Waals surface area contributed by atoms with E-state index in [9.17, 15) is 9.90 Å². The molecule has 0 radical (unpaired) electrons. The van der Waals surface area contributed by atoms with Crippen molar-refractivity contribution in [2.24, 2.45) is 0 Å². The molecule has 0 saturated heterocycles. The third-order valence-corrected chi connectivity index (χ3v) is 2.85. The van der Waals surface area contributed by atoms with Crippen molar-refractivity contribution in [3.8, 4) is 0 Å². The van der Waals surface area contributed by atoms with Crippen LogP contribution in [0.2, 0.25) is 0 Å². The molecule has 18 heavy (non-hydrogen) atoms. The van der Waals surface area contributed by atoms with Crippen molar-refractivity contribution < 1.29 is 9.90 Å². The van der Waals surface area contributed by atoms with Crippen LogP contribution < -0.4 is 5.32 Å². The summed E-state index contributed by atoms with van der Waals surface area (Å²) in [4.78, 5) is 15.5. The van der Waals surface area contributed by atoms with Gasteiger partial charge in [0.2, 0.25) is 0 Å². The first kappa shape index (κ1) is 12.1. The van der Waals surface area contributed by atoms with Crippen molar-refractivity contribution >= 4 is 11.7 Å². The van der Waals surface area contributed by atoms with Crippen LogP contribution >= 0.6 is 0 Å². The number of nitrogens with zero attached hydrogens (tertiary/aromatic N) is 1. The van der Waals surface area contributed by atoms with Crippen molar-refractivity contribution in [3.63, 3.8) is 0 Å². The molecule has 2 aromatic rings. The maximum Gasteiger partial charge on any atom is 0.333 e. The molecular weight excluding hydrogens is 228 g/mol. The highest BCUT2D eigenvalue weighted by atomic mass is 16.4. The molecule has 0 fully saturated rings. The Labute approximate surface area is 105 Å². The van der Waals surface area contributed by atoms with Crippen LogP contribution in [-0.4, -0.2) is 16.1 Å². The molecule has 1 unspecified atom stereocenters. The van der Waals surface area contributed by atoms with Gasteiger partial charge in [-0.3, -0.25) is 4.98 Å². The van der Waals surface area contributed by atoms with Crippen LogP contribution in [0.25, 0.3) is 0 Å². The lowest BCUT2D eigenvalue weighted by Crippen LogP contribution is -2.40. The molecule has 4 nitrogen and oxygen atoms in total. The Morgan fingerprint density at radius 2 is 1.78 bits per heavy atom. The monoisotopic (exact) mass is 242 g/mol. The van der Waals surface area contributed by atoms with E-state index in [4.69, 9.17) is 0 Å². The lowest BCUT2D eigenvalue weighted by molar-refractivity contribution is -0.142. The summed E-state index contributed by atoms with van der Waals surface area (Å²) in [5, 5.41) is 12.5. The number of benzene rings is 1. The van der Waals surface area contributed by atoms with Crippen LogP contribution in [0.15, 0.2) is 54.9 Å². The molecule has 0 saturated carbocycles. The predicted octanol–water partition coefficient (Wildman–Crippen LogP) is 2.49. The third-order valence-electron chi connectivity index (χ3n) is 2.85. The minimum absolute atomic E-state index is 0.703. The Bertz CT molecular complexity index is 528. The number of pyridine rings is 1. The van der Waals surface area contributed by atoms with Gasteiger partial charge in [-0.15, -0.1) is 0 Å². The molecule has 0 aliphatic carbocycles. The summed E-state index contributed by atoms with van der Waals surface area (Å²) in [7, 11) is 0. The fraction of sp³-hybridized carbons (Fsp3) is 0.143. The summed E-state index contributed by atoms with van der Waals surface area (Å²) in [5.41, 5.74) is 0.260. The van der Waals surface area contributed by atoms with Gasteiger partial charge >= 0.3 is 5.97 Å². The van der Waals surface area contributed by atoms with E-state index in [2.05, 4.69) is 10.3 Å². The van der Waals surface area contributed by atoms with Crippen molar-refractivity contribution in [2.75, 3.05) is 5.32 Å². The number of carboxylic acid groups (broad SMARTS) is 1. The summed E-state index contributed by atoms with van der Waals surface area (Å²) < 4.78 is 0. The highest BCUT2D eigenvalue weighted by Gasteiger charge is 2.34. The van der Waals surface area contributed by atoms with Gasteiger partial charge in [0.05, 0.1) is 0 Å². The average Bonchev–Trinajstić information content (AvgIpc) is 2.40. The number of aromatic nitrogens is 1. The zero-order chi connectivity index (χ0) is 13.0. The number of anilines is 1. The fourth-order valence-electron chi connectivity index (χ4n) is 1.74. The zero-order valence-electron chi connectivity index (χ0n) is 10.00. The predicted molar refractivity (Wildman–Crippen MR) is 69.3 cm³/mol. The van der Waals surface area contributed by atoms with Gasteiger partial charge in [0.15, 0.2) is 5.54 Å². The summed E-state index contributed by atoms with van der Waals surface area (Å²) in [6, 6.07) is 12.6. The second kappa shape index (κ2) is 4.87. The van der Waals surface area contributed by atoms with Crippen LogP contribution in [0.1, 0.15) is 12.5 Å². The number of carboxylic acids is 1. The number of carbonyl (C=O) groups is 1. The van der Waals surface area contributed by atoms with Gasteiger partial charge in [-0.25, -0.2) is 4.79 Å². The quantitative estimate of drug-likeness (QED) is 0.864. The number of hydrogen-bond acceptors (Lipinski definition) is 3. The summed E-state index contributed by atoms with van der Waals surface area (Å²) in [6.07, 6.45) is 3.24. The Balaban J connectivity index is 2.37. The van der Waals surface area contributed by atoms with Gasteiger partial charge in [0.1, 0.15) is 0 Å². The van der Waals surface area contributed by atoms with E-state index in [1.165, 1.54) is 0 Å². The van der Waals surface area contributed by atoms with Gasteiger partial charge in [-0.2, -0.15) is 0 Å². The molecule has 2 N–H and O–H groups in total. The van der Waals surface area contributed by atoms with Crippen molar-refractivity contribution in [1.29, 1.82) is 0 Å². The van der Waals surface area contributed by atoms with E-state index in [0.29, 0.717) is 5.56 Å². The second-order valence-corrected chi connectivity index (χ2v) is 4.16. The molecule has 0 aliphatic rings. The molecule has 0 amide bonds. The highest BCUT2D eigenvalue weighted by Crippen LogP contribution is 2.26. The van der Waals surface area contributed by atoms with Crippen molar-refractivity contribution in [1.82, 2.24) is 4.98 Å². The molecule has 0 aliphatic heterocycles. The molecule has 0 bridgehead atoms. The molecule has 0 spiro atoms. The first-order chi connectivity index (χ1) is 8.63. The molecule has 1 atom stereocenters. The second-order valence-electron chi connectivity index (χ2n) is 4.16. The Kier molecular flexibility index (Phi) is 3.28. The summed E-state index contributed by atoms with van der Waals surface area (Å²) in [6.45, 7) is 1.64. The minimum atomic E-state index is -1.16. The Morgan fingerprint density at radius 1 is 1.17 bits per heavy atom. The standard InChI is InChI=1S/C14H14N2O2/c1-14(13(17)18,11-5-3-2-4-6-11)16-12-7-9-15-10-8-12/h2-10H,1H3,(H,15,16)(H,17,18). The van der Waals surface area contributed by atoms with E-state index >= 15 is 0 Å². The Hall–Kier alpha value is -2.36. The van der Waals surface area contributed by atoms with E-state index in [-0.39, 0.29) is 0 Å². The van der Waals surface area contributed by atoms with E-state index in [1.54, 1.807) is 43.6 Å². The normalized spacial score (nSPS) is 13.6. The van der Waals surface area contributed by atoms with Crippen LogP contribution in [0.4, 0.5) is 5.69 Å². The van der Waals surface area contributed by atoms with Gasteiger partial charge in [-0.1, -0.05) is 30.3 Å². The van der Waals surface area contributed by atoms with Crippen LogP contribution in [-0.2, 0) is 10.3 Å². The molecule has 2 rings (SSSR count). The van der Waals surface area contributed by atoms with E-state index in [0.717, 1.165) is 5.69 Å². The zero-order valence-corrected chi connectivity index (χ0v) is 10.00. The largest absolute Gasteiger partial charge is 0.479 e. The number of aliphatic carboxylic acids is 1. The first-order valence-corrected chi connectivity index (χ1v) is 5.60. The van der Waals surface area contributed by atoms with Crippen molar-refractivity contribution in [3.05, 3.63) is 60.4 Å². The van der Waals surface area contributed by atoms with Crippen LogP contribution in [0.5, 0.6) is 0 Å². The van der Waals surface area contributed by atoms with Gasteiger partial charge in [-0.05, 0) is 24.6 Å². The molecular formula is C14H14N2O2. The smallest absolute Gasteiger partial charge is 0.333 e. The molecule has 1 aromatic carbocycles. The summed E-state index contributed by atoms with van der Waals surface area (Å²) in [5.74, 6) is -0.925. The maximum absolute atomic E-state index is 11.5. The Morgan fingerprint density at radius 3 is 2.33 bits per heavy atom. The fourth-order valence-corrected chi connectivity index (χ4v) is 1.74. The first-order valence-electron chi connectivity index (χ1n) is 5.60. The van der Waals surface area contributed by atoms with Gasteiger partial charge in [0.25, 0.3) is 0 Å². The molecule has 1 heterocycles. The number of rotatable bonds is 4. The summed E-state index contributed by atoms with van der Waals surface area (Å²) >= 11 is 0. The average molecular weight is 242 g/mol. The van der Waals surface area contributed by atoms with Crippen LogP contribution in [0.3, 0.4) is 0 Å². The minimum Gasteiger partial charge on any atom is -0.479 e. The third kappa shape index (κ3) is 2.32. The van der Waals surface area contributed by atoms with E-state index in [1.807, 2.05) is 18.2 Å². The molecule has 1 aromatic heterocycles. The van der Waals surface area contributed by atoms with Crippen LogP contribution in [0, 0.1) is 0 Å². The van der Waals surface area contributed by atoms with E-state index < -0.39 is 11.5 Å². The lowest BCUT2D eigenvalue weighted by atomic mass is 9.92. The number of nitrogens with one attached hydrogen (secondary N) is 1. The topological polar surface area (TPSA) is 62.2 Å². The highest BCUT2D eigenvalue weighted by molar-refractivity contribution is 5.84. The SMILES string of the molecule is CC(Nc1ccncc1)(C(=O)O)c1ccccc1. The molecule has 4 heteroatoms.